The number of hydrogen-bond donors (Lipinski definition) is 2. The molecule has 2 amide bonds. The van der Waals surface area contributed by atoms with Gasteiger partial charge in [-0.1, -0.05) is 12.1 Å². The zero-order chi connectivity index (χ0) is 23.1. The highest BCUT2D eigenvalue weighted by Crippen LogP contribution is 2.26. The van der Waals surface area contributed by atoms with Crippen molar-refractivity contribution in [2.45, 2.75) is 33.8 Å². The van der Waals surface area contributed by atoms with Crippen LogP contribution in [0.3, 0.4) is 0 Å². The van der Waals surface area contributed by atoms with Gasteiger partial charge in [0, 0.05) is 18.2 Å². The van der Waals surface area contributed by atoms with Gasteiger partial charge in [-0.05, 0) is 56.2 Å². The molecule has 2 aromatic rings. The Labute approximate surface area is 181 Å². The van der Waals surface area contributed by atoms with Gasteiger partial charge in [-0.25, -0.2) is 21.5 Å². The van der Waals surface area contributed by atoms with Crippen LogP contribution in [0, 0.1) is 13.8 Å². The lowest BCUT2D eigenvalue weighted by molar-refractivity contribution is -0.141. The summed E-state index contributed by atoms with van der Waals surface area (Å²) in [6.45, 7) is 5.75. The van der Waals surface area contributed by atoms with E-state index in [1.807, 2.05) is 13.0 Å². The minimum Gasteiger partial charge on any atom is -0.489 e. The summed E-state index contributed by atoms with van der Waals surface area (Å²) in [5.41, 5.74) is 3.22. The molecule has 166 valence electrons. The minimum absolute atomic E-state index is 0.147. The van der Waals surface area contributed by atoms with Crippen LogP contribution in [0.4, 0.5) is 10.5 Å². The lowest BCUT2D eigenvalue weighted by Gasteiger charge is -2.24. The maximum absolute atomic E-state index is 12.2. The van der Waals surface area contributed by atoms with E-state index in [1.54, 1.807) is 44.2 Å². The van der Waals surface area contributed by atoms with Crippen molar-refractivity contribution >= 4 is 23.5 Å². The smallest absolute Gasteiger partial charge is 0.352 e. The van der Waals surface area contributed by atoms with Crippen LogP contribution >= 0.6 is 0 Å². The van der Waals surface area contributed by atoms with Gasteiger partial charge in [0.2, 0.25) is 0 Å². The van der Waals surface area contributed by atoms with Crippen LogP contribution < -0.4 is 21.4 Å². The van der Waals surface area contributed by atoms with Gasteiger partial charge in [-0.3, -0.25) is 14.6 Å². The molecule has 0 saturated heterocycles. The Hall–Kier alpha value is -3.43. The van der Waals surface area contributed by atoms with Gasteiger partial charge in [0.05, 0.1) is 12.3 Å². The Balaban J connectivity index is 2.18. The van der Waals surface area contributed by atoms with Crippen molar-refractivity contribution in [1.29, 1.82) is 0 Å². The summed E-state index contributed by atoms with van der Waals surface area (Å²) in [6, 6.07) is 9.74. The largest absolute Gasteiger partial charge is 0.489 e. The second-order valence-electron chi connectivity index (χ2n) is 7.01. The lowest BCUT2D eigenvalue weighted by atomic mass is 10.0. The molecule has 0 saturated carbocycles. The van der Waals surface area contributed by atoms with Crippen LogP contribution in [0.1, 0.15) is 40.4 Å². The standard InChI is InChI=1S/C22H28N4O5/c1-5-30-21(28)12-19(27)16-9-10-20(15(3)11-16)31-13-17-14(2)7-6-8-18(17)26(24)22(29)25(4)23/h6-11H,5,12-13,23-24H2,1-4H3. The summed E-state index contributed by atoms with van der Waals surface area (Å²) in [4.78, 5) is 35.9. The van der Waals surface area contributed by atoms with E-state index in [0.717, 1.165) is 26.7 Å². The van der Waals surface area contributed by atoms with Gasteiger partial charge in [0.25, 0.3) is 0 Å². The summed E-state index contributed by atoms with van der Waals surface area (Å²) in [5.74, 6) is 11.1. The Kier molecular flexibility index (Phi) is 8.12. The number of nitrogens with two attached hydrogens (primary N) is 2. The topological polar surface area (TPSA) is 128 Å². The number of amides is 2. The van der Waals surface area contributed by atoms with Crippen molar-refractivity contribution in [3.05, 3.63) is 58.7 Å². The Morgan fingerprint density at radius 1 is 1.03 bits per heavy atom. The monoisotopic (exact) mass is 428 g/mol. The summed E-state index contributed by atoms with van der Waals surface area (Å²) in [6.07, 6.45) is -0.310. The first-order valence-corrected chi connectivity index (χ1v) is 9.73. The van der Waals surface area contributed by atoms with Crippen molar-refractivity contribution in [2.24, 2.45) is 11.7 Å². The van der Waals surface area contributed by atoms with Gasteiger partial charge >= 0.3 is 12.0 Å². The molecule has 0 radical (unpaired) electrons. The Morgan fingerprint density at radius 2 is 1.74 bits per heavy atom. The molecule has 0 aliphatic heterocycles. The number of urea groups is 1. The van der Waals surface area contributed by atoms with Crippen molar-refractivity contribution in [2.75, 3.05) is 18.7 Å². The van der Waals surface area contributed by atoms with Crippen LogP contribution in [0.2, 0.25) is 0 Å². The van der Waals surface area contributed by atoms with E-state index in [0.29, 0.717) is 17.0 Å². The number of esters is 1. The minimum atomic E-state index is -0.576. The first-order valence-electron chi connectivity index (χ1n) is 9.73. The number of rotatable bonds is 8. The van der Waals surface area contributed by atoms with Crippen LogP contribution in [-0.4, -0.2) is 36.4 Å². The van der Waals surface area contributed by atoms with Crippen LogP contribution in [0.15, 0.2) is 36.4 Å². The molecule has 31 heavy (non-hydrogen) atoms. The summed E-state index contributed by atoms with van der Waals surface area (Å²) >= 11 is 0. The number of carbonyl (C=O) groups is 3. The predicted octanol–water partition coefficient (Wildman–Crippen LogP) is 2.62. The number of anilines is 1. The number of ether oxygens (including phenoxy) is 2. The number of carbonyl (C=O) groups excluding carboxylic acids is 3. The number of hydrogen-bond acceptors (Lipinski definition) is 7. The van der Waals surface area contributed by atoms with E-state index in [2.05, 4.69) is 0 Å². The van der Waals surface area contributed by atoms with Gasteiger partial charge in [0.1, 0.15) is 18.8 Å². The van der Waals surface area contributed by atoms with E-state index < -0.39 is 12.0 Å². The first-order chi connectivity index (χ1) is 14.6. The summed E-state index contributed by atoms with van der Waals surface area (Å²) < 4.78 is 10.8. The molecule has 0 heterocycles. The molecule has 0 aliphatic rings. The molecule has 9 heteroatoms. The molecular formula is C22H28N4O5. The fraction of sp³-hybridized carbons (Fsp3) is 0.318. The van der Waals surface area contributed by atoms with Gasteiger partial charge in [-0.15, -0.1) is 0 Å². The number of ketones is 1. The van der Waals surface area contributed by atoms with Crippen molar-refractivity contribution in [3.63, 3.8) is 0 Å². The number of hydrazine groups is 2. The summed E-state index contributed by atoms with van der Waals surface area (Å²) in [7, 11) is 1.41. The van der Waals surface area contributed by atoms with Crippen LogP contribution in [0.5, 0.6) is 5.75 Å². The second-order valence-corrected chi connectivity index (χ2v) is 7.01. The van der Waals surface area contributed by atoms with Gasteiger partial charge in [-0.2, -0.15) is 0 Å². The second kappa shape index (κ2) is 10.6. The average Bonchev–Trinajstić information content (AvgIpc) is 2.72. The molecule has 0 aromatic heterocycles. The maximum Gasteiger partial charge on any atom is 0.352 e. The molecule has 0 unspecified atom stereocenters. The van der Waals surface area contributed by atoms with E-state index in [4.69, 9.17) is 21.2 Å². The van der Waals surface area contributed by atoms with Crippen molar-refractivity contribution < 1.29 is 23.9 Å². The zero-order valence-corrected chi connectivity index (χ0v) is 18.2. The zero-order valence-electron chi connectivity index (χ0n) is 18.2. The van der Waals surface area contributed by atoms with Crippen LogP contribution in [0.25, 0.3) is 0 Å². The van der Waals surface area contributed by atoms with E-state index in [9.17, 15) is 14.4 Å². The SMILES string of the molecule is CCOC(=O)CC(=O)c1ccc(OCc2c(C)cccc2N(N)C(=O)N(C)N)c(C)c1. The molecule has 2 aromatic carbocycles. The molecule has 0 fully saturated rings. The molecular weight excluding hydrogens is 400 g/mol. The van der Waals surface area contributed by atoms with Crippen LogP contribution in [-0.2, 0) is 16.1 Å². The predicted molar refractivity (Wildman–Crippen MR) is 116 cm³/mol. The molecule has 0 bridgehead atoms. The highest BCUT2D eigenvalue weighted by atomic mass is 16.5. The third-order valence-electron chi connectivity index (χ3n) is 4.63. The molecule has 0 aliphatic carbocycles. The number of benzene rings is 2. The fourth-order valence-corrected chi connectivity index (χ4v) is 2.95. The summed E-state index contributed by atoms with van der Waals surface area (Å²) in [5, 5.41) is 1.86. The lowest BCUT2D eigenvalue weighted by Crippen LogP contribution is -2.49. The Morgan fingerprint density at radius 3 is 2.35 bits per heavy atom. The molecule has 0 spiro atoms. The first kappa shape index (κ1) is 23.8. The average molecular weight is 428 g/mol. The number of Topliss-reactive ketones (excluding diaryl/α,β-unsaturated/α-hetero) is 1. The van der Waals surface area contributed by atoms with Crippen molar-refractivity contribution in [1.82, 2.24) is 5.01 Å². The highest BCUT2D eigenvalue weighted by Gasteiger charge is 2.19. The molecule has 2 rings (SSSR count). The molecule has 4 N–H and O–H groups in total. The van der Waals surface area contributed by atoms with Crippen molar-refractivity contribution in [3.8, 4) is 5.75 Å². The number of nitrogens with zero attached hydrogens (tertiary/aromatic N) is 2. The third-order valence-corrected chi connectivity index (χ3v) is 4.63. The van der Waals surface area contributed by atoms with E-state index in [1.165, 1.54) is 7.05 Å². The van der Waals surface area contributed by atoms with Gasteiger partial charge in [0.15, 0.2) is 5.78 Å². The Bertz CT molecular complexity index is 974. The fourth-order valence-electron chi connectivity index (χ4n) is 2.95. The highest BCUT2D eigenvalue weighted by molar-refractivity contribution is 6.06. The normalized spacial score (nSPS) is 10.4. The van der Waals surface area contributed by atoms with Gasteiger partial charge < -0.3 is 9.47 Å². The number of aryl methyl sites for hydroxylation is 2. The molecule has 9 nitrogen and oxygen atoms in total. The third kappa shape index (κ3) is 6.03. The quantitative estimate of drug-likeness (QED) is 0.165. The van der Waals surface area contributed by atoms with E-state index in [-0.39, 0.29) is 25.4 Å². The van der Waals surface area contributed by atoms with E-state index >= 15 is 0 Å². The maximum atomic E-state index is 12.2. The molecule has 0 atom stereocenters.